The van der Waals surface area contributed by atoms with Crippen LogP contribution in [0.1, 0.15) is 44.4 Å². The number of hydrogen-bond acceptors (Lipinski definition) is 3. The van der Waals surface area contributed by atoms with Crippen molar-refractivity contribution in [3.05, 3.63) is 70.8 Å². The van der Waals surface area contributed by atoms with E-state index in [0.29, 0.717) is 11.1 Å². The Balaban J connectivity index is 1.81. The fourth-order valence-corrected chi connectivity index (χ4v) is 2.40. The zero-order valence-corrected chi connectivity index (χ0v) is 11.1. The standard InChI is InChI=1S/C17H14O3/c1-11-6-8-12(9-7-11)15(18)10-16-13-4-2-3-5-14(13)17(19)20-16/h2-9,16H,10H2,1H3/t16-/m0/s1. The summed E-state index contributed by atoms with van der Waals surface area (Å²) in [6.45, 7) is 1.98. The van der Waals surface area contributed by atoms with E-state index in [1.807, 2.05) is 31.2 Å². The lowest BCUT2D eigenvalue weighted by atomic mass is 9.98. The lowest BCUT2D eigenvalue weighted by molar-refractivity contribution is 0.0367. The van der Waals surface area contributed by atoms with Crippen LogP contribution < -0.4 is 0 Å². The number of ether oxygens (including phenoxy) is 1. The predicted octanol–water partition coefficient (Wildman–Crippen LogP) is 3.48. The highest BCUT2D eigenvalue weighted by Crippen LogP contribution is 2.33. The number of benzene rings is 2. The van der Waals surface area contributed by atoms with Gasteiger partial charge in [0.15, 0.2) is 5.78 Å². The number of esters is 1. The van der Waals surface area contributed by atoms with Crippen LogP contribution in [0.15, 0.2) is 48.5 Å². The molecule has 3 nitrogen and oxygen atoms in total. The van der Waals surface area contributed by atoms with E-state index in [2.05, 4.69) is 0 Å². The van der Waals surface area contributed by atoms with Crippen LogP contribution in [-0.2, 0) is 4.74 Å². The molecule has 1 aliphatic heterocycles. The number of carbonyl (C=O) groups is 2. The van der Waals surface area contributed by atoms with E-state index in [9.17, 15) is 9.59 Å². The summed E-state index contributed by atoms with van der Waals surface area (Å²) in [6, 6.07) is 14.6. The molecule has 0 radical (unpaired) electrons. The zero-order valence-electron chi connectivity index (χ0n) is 11.1. The van der Waals surface area contributed by atoms with Crippen molar-refractivity contribution < 1.29 is 14.3 Å². The summed E-state index contributed by atoms with van der Waals surface area (Å²) in [5, 5.41) is 0. The molecule has 3 heteroatoms. The van der Waals surface area contributed by atoms with Gasteiger partial charge >= 0.3 is 5.97 Å². The number of cyclic esters (lactones) is 1. The molecule has 20 heavy (non-hydrogen) atoms. The molecule has 1 atom stereocenters. The van der Waals surface area contributed by atoms with Gasteiger partial charge in [-0.1, -0.05) is 48.0 Å². The molecule has 0 saturated carbocycles. The molecule has 100 valence electrons. The number of carbonyl (C=O) groups excluding carboxylic acids is 2. The summed E-state index contributed by atoms with van der Waals surface area (Å²) in [5.41, 5.74) is 3.13. The Morgan fingerprint density at radius 2 is 1.80 bits per heavy atom. The van der Waals surface area contributed by atoms with Gasteiger partial charge in [0.1, 0.15) is 6.10 Å². The molecular weight excluding hydrogens is 252 g/mol. The molecule has 0 saturated heterocycles. The second-order valence-corrected chi connectivity index (χ2v) is 4.97. The lowest BCUT2D eigenvalue weighted by Gasteiger charge is -2.09. The molecule has 0 aliphatic carbocycles. The fourth-order valence-electron chi connectivity index (χ4n) is 2.40. The number of hydrogen-bond donors (Lipinski definition) is 0. The van der Waals surface area contributed by atoms with Gasteiger partial charge in [-0.25, -0.2) is 4.79 Å². The minimum atomic E-state index is -0.465. The third-order valence-corrected chi connectivity index (χ3v) is 3.52. The van der Waals surface area contributed by atoms with Gasteiger partial charge < -0.3 is 4.74 Å². The van der Waals surface area contributed by atoms with Crippen LogP contribution in [0.2, 0.25) is 0 Å². The van der Waals surface area contributed by atoms with Crippen LogP contribution in [0.5, 0.6) is 0 Å². The van der Waals surface area contributed by atoms with Gasteiger partial charge in [-0.05, 0) is 13.0 Å². The Morgan fingerprint density at radius 1 is 1.10 bits per heavy atom. The summed E-state index contributed by atoms with van der Waals surface area (Å²) in [6.07, 6.45) is -0.279. The van der Waals surface area contributed by atoms with Crippen molar-refractivity contribution in [1.29, 1.82) is 0 Å². The molecule has 1 aliphatic rings. The fraction of sp³-hybridized carbons (Fsp3) is 0.176. The third kappa shape index (κ3) is 2.23. The Morgan fingerprint density at radius 3 is 2.55 bits per heavy atom. The molecular formula is C17H14O3. The molecule has 0 aromatic heterocycles. The summed E-state index contributed by atoms with van der Waals surface area (Å²) in [7, 11) is 0. The van der Waals surface area contributed by atoms with E-state index >= 15 is 0 Å². The highest BCUT2D eigenvalue weighted by atomic mass is 16.5. The monoisotopic (exact) mass is 266 g/mol. The van der Waals surface area contributed by atoms with Crippen LogP contribution >= 0.6 is 0 Å². The number of rotatable bonds is 3. The maximum Gasteiger partial charge on any atom is 0.339 e. The average molecular weight is 266 g/mol. The molecule has 0 bridgehead atoms. The van der Waals surface area contributed by atoms with Crippen LogP contribution in [0, 0.1) is 6.92 Å². The number of Topliss-reactive ketones (excluding diaryl/α,β-unsaturated/α-hetero) is 1. The molecule has 0 fully saturated rings. The van der Waals surface area contributed by atoms with E-state index in [1.165, 1.54) is 0 Å². The highest BCUT2D eigenvalue weighted by Gasteiger charge is 2.32. The van der Waals surface area contributed by atoms with Crippen LogP contribution in [0.3, 0.4) is 0 Å². The summed E-state index contributed by atoms with van der Waals surface area (Å²) in [4.78, 5) is 23.9. The Bertz CT molecular complexity index is 671. The third-order valence-electron chi connectivity index (χ3n) is 3.52. The maximum absolute atomic E-state index is 12.2. The van der Waals surface area contributed by atoms with Gasteiger partial charge in [-0.2, -0.15) is 0 Å². The number of aryl methyl sites for hydroxylation is 1. The molecule has 2 aromatic carbocycles. The first-order valence-corrected chi connectivity index (χ1v) is 6.55. The van der Waals surface area contributed by atoms with Crippen molar-refractivity contribution >= 4 is 11.8 Å². The van der Waals surface area contributed by atoms with Crippen molar-refractivity contribution in [2.24, 2.45) is 0 Å². The van der Waals surface area contributed by atoms with Gasteiger partial charge in [-0.3, -0.25) is 4.79 Å². The van der Waals surface area contributed by atoms with E-state index in [1.54, 1.807) is 24.3 Å². The number of fused-ring (bicyclic) bond motifs is 1. The lowest BCUT2D eigenvalue weighted by Crippen LogP contribution is -2.07. The van der Waals surface area contributed by atoms with Crippen molar-refractivity contribution in [2.45, 2.75) is 19.4 Å². The Hall–Kier alpha value is -2.42. The Labute approximate surface area is 117 Å². The normalized spacial score (nSPS) is 16.6. The predicted molar refractivity (Wildman–Crippen MR) is 74.7 cm³/mol. The molecule has 2 aromatic rings. The second kappa shape index (κ2) is 4.93. The molecule has 0 spiro atoms. The molecule has 3 rings (SSSR count). The van der Waals surface area contributed by atoms with Gasteiger partial charge in [0.25, 0.3) is 0 Å². The largest absolute Gasteiger partial charge is 0.453 e. The smallest absolute Gasteiger partial charge is 0.339 e. The van der Waals surface area contributed by atoms with Crippen molar-refractivity contribution in [3.63, 3.8) is 0 Å². The van der Waals surface area contributed by atoms with E-state index in [4.69, 9.17) is 4.74 Å². The van der Waals surface area contributed by atoms with Gasteiger partial charge in [0, 0.05) is 11.1 Å². The second-order valence-electron chi connectivity index (χ2n) is 4.97. The first-order chi connectivity index (χ1) is 9.65. The SMILES string of the molecule is Cc1ccc(C(=O)C[C@@H]2OC(=O)c3ccccc32)cc1. The highest BCUT2D eigenvalue weighted by molar-refractivity contribution is 5.99. The van der Waals surface area contributed by atoms with Crippen molar-refractivity contribution in [1.82, 2.24) is 0 Å². The van der Waals surface area contributed by atoms with Crippen molar-refractivity contribution in [3.8, 4) is 0 Å². The molecule has 0 amide bonds. The van der Waals surface area contributed by atoms with Crippen LogP contribution in [0.4, 0.5) is 0 Å². The van der Waals surface area contributed by atoms with E-state index < -0.39 is 6.10 Å². The number of ketones is 1. The molecule has 0 N–H and O–H groups in total. The van der Waals surface area contributed by atoms with Gasteiger partial charge in [-0.15, -0.1) is 0 Å². The molecule has 1 heterocycles. The topological polar surface area (TPSA) is 43.4 Å². The van der Waals surface area contributed by atoms with Crippen LogP contribution in [-0.4, -0.2) is 11.8 Å². The summed E-state index contributed by atoms with van der Waals surface area (Å²) < 4.78 is 5.29. The minimum absolute atomic E-state index is 0.0143. The van der Waals surface area contributed by atoms with E-state index in [-0.39, 0.29) is 18.2 Å². The Kier molecular flexibility index (Phi) is 3.11. The zero-order chi connectivity index (χ0) is 14.1. The van der Waals surface area contributed by atoms with Crippen molar-refractivity contribution in [2.75, 3.05) is 0 Å². The average Bonchev–Trinajstić information content (AvgIpc) is 2.77. The first-order valence-electron chi connectivity index (χ1n) is 6.55. The summed E-state index contributed by atoms with van der Waals surface area (Å²) >= 11 is 0. The van der Waals surface area contributed by atoms with Gasteiger partial charge in [0.05, 0.1) is 12.0 Å². The maximum atomic E-state index is 12.2. The minimum Gasteiger partial charge on any atom is -0.453 e. The first kappa shape index (κ1) is 12.6. The summed E-state index contributed by atoms with van der Waals surface area (Å²) in [5.74, 6) is -0.359. The molecule has 0 unspecified atom stereocenters. The van der Waals surface area contributed by atoms with Gasteiger partial charge in [0.2, 0.25) is 0 Å². The quantitative estimate of drug-likeness (QED) is 0.631. The van der Waals surface area contributed by atoms with E-state index in [0.717, 1.165) is 11.1 Å². The van der Waals surface area contributed by atoms with Crippen LogP contribution in [0.25, 0.3) is 0 Å².